The Bertz CT molecular complexity index is 4350. The number of amides is 3. The van der Waals surface area contributed by atoms with Crippen molar-refractivity contribution >= 4 is 107 Å². The van der Waals surface area contributed by atoms with E-state index in [2.05, 4.69) is 15.6 Å². The minimum atomic E-state index is -4.21. The van der Waals surface area contributed by atoms with Crippen LogP contribution in [0.3, 0.4) is 0 Å². The maximum atomic E-state index is 14.9. The van der Waals surface area contributed by atoms with E-state index in [1.54, 1.807) is 48.5 Å². The summed E-state index contributed by atoms with van der Waals surface area (Å²) in [5.41, 5.74) is 5.19. The number of ether oxygens (including phenoxy) is 1. The van der Waals surface area contributed by atoms with Crippen LogP contribution >= 0.6 is 35.0 Å². The molecule has 6 heterocycles. The number of benzene rings is 6. The summed E-state index contributed by atoms with van der Waals surface area (Å²) >= 11 is 14.5. The zero-order valence-electron chi connectivity index (χ0n) is 45.3. The maximum Gasteiger partial charge on any atom is 0.352 e. The van der Waals surface area contributed by atoms with Crippen molar-refractivity contribution in [2.75, 3.05) is 38.4 Å². The zero-order chi connectivity index (χ0) is 59.1. The van der Waals surface area contributed by atoms with Crippen LogP contribution in [0.4, 0.5) is 17.1 Å². The highest BCUT2D eigenvalue weighted by Gasteiger charge is 2.70. The topological polar surface area (TPSA) is 238 Å². The Labute approximate surface area is 496 Å². The van der Waals surface area contributed by atoms with E-state index in [1.165, 1.54) is 47.1 Å². The Hall–Kier alpha value is -8.06. The van der Waals surface area contributed by atoms with Crippen molar-refractivity contribution in [3.8, 4) is 28.2 Å². The Balaban J connectivity index is 0.772. The van der Waals surface area contributed by atoms with Crippen molar-refractivity contribution in [3.05, 3.63) is 178 Å². The number of carbonyl (C=O) groups is 4. The molecule has 1 aliphatic carbocycles. The molecule has 12 rings (SSSR count). The molecule has 3 saturated heterocycles. The fraction of sp³-hybridized carbons (Fsp3) is 0.237. The van der Waals surface area contributed by atoms with Gasteiger partial charge in [0.2, 0.25) is 32.9 Å². The predicted molar refractivity (Wildman–Crippen MR) is 317 cm³/mol. The number of halogens is 2. The number of hydrogen-bond acceptors (Lipinski definition) is 14. The molecule has 5 aromatic carbocycles. The highest BCUT2D eigenvalue weighted by atomic mass is 35.5. The number of nitrogens with zero attached hydrogens (tertiary/aromatic N) is 8. The summed E-state index contributed by atoms with van der Waals surface area (Å²) < 4.78 is 72.9. The first-order valence-corrected chi connectivity index (χ1v) is 31.1. The number of para-hydroxylation sites is 2. The molecule has 20 nitrogen and oxygen atoms in total. The molecule has 84 heavy (non-hydrogen) atoms. The number of sulfonamides is 1. The summed E-state index contributed by atoms with van der Waals surface area (Å²) in [6, 6.07) is 37.3. The fourth-order valence-corrected chi connectivity index (χ4v) is 17.1. The van der Waals surface area contributed by atoms with E-state index in [0.29, 0.717) is 54.8 Å². The fourth-order valence-electron chi connectivity index (χ4n) is 11.5. The van der Waals surface area contributed by atoms with Gasteiger partial charge in [-0.15, -0.1) is 16.9 Å². The van der Waals surface area contributed by atoms with E-state index in [-0.39, 0.29) is 48.0 Å². The molecule has 6 aromatic rings. The van der Waals surface area contributed by atoms with Gasteiger partial charge in [0.05, 0.1) is 40.8 Å². The number of thioether (sulfide) groups is 1. The lowest BCUT2D eigenvalue weighted by atomic mass is 9.93. The van der Waals surface area contributed by atoms with E-state index in [9.17, 15) is 41.1 Å². The van der Waals surface area contributed by atoms with Crippen LogP contribution in [0.2, 0.25) is 10.0 Å². The standard InChI is InChI=1S/C59H51Cl2N9O11S3/c1-59(33-68-26-25-62-64-68)54(69-49(71)29-50(69)83(59,76)77)55(72)63-52-56(73)70-53(58(74)75)35(32-82-57(52)70)31-80-38-21-17-34(18-22-38)30-65(2)84(78,79)48-16-10-5-11-41(48)51-39-23-19-36(66(3)44-14-8-6-12-42(44)60)27-46(39)81-47-28-37(20-24-40(47)51)67(4)45-15-9-7-13-43(45)61/h5-28,50,52,54,57H,29-33H2,1-4H3,(H-,63,72,74,75)/p+1/t50-,52-,54+,57-,59?/m1/s1. The molecule has 0 bridgehead atoms. The first-order chi connectivity index (χ1) is 40.2. The molecule has 5 aliphatic heterocycles. The van der Waals surface area contributed by atoms with Gasteiger partial charge >= 0.3 is 5.97 Å². The minimum Gasteiger partial charge on any atom is -0.489 e. The van der Waals surface area contributed by atoms with Crippen molar-refractivity contribution in [1.29, 1.82) is 0 Å². The van der Waals surface area contributed by atoms with Crippen LogP contribution in [0.25, 0.3) is 33.4 Å². The minimum absolute atomic E-state index is 0.0360. The van der Waals surface area contributed by atoms with Gasteiger partial charge in [0.15, 0.2) is 9.84 Å². The molecule has 5 atom stereocenters. The average molecular weight is 1230 g/mol. The lowest BCUT2D eigenvalue weighted by molar-refractivity contribution is -0.154. The molecule has 25 heteroatoms. The molecule has 0 saturated carbocycles. The van der Waals surface area contributed by atoms with Crippen LogP contribution in [0.1, 0.15) is 18.9 Å². The highest BCUT2D eigenvalue weighted by Crippen LogP contribution is 2.49. The zero-order valence-corrected chi connectivity index (χ0v) is 49.3. The summed E-state index contributed by atoms with van der Waals surface area (Å²) in [5, 5.41) is 21.2. The number of aromatic nitrogens is 3. The van der Waals surface area contributed by atoms with Crippen LogP contribution in [0.15, 0.2) is 166 Å². The summed E-state index contributed by atoms with van der Waals surface area (Å²) in [7, 11) is -3.00. The van der Waals surface area contributed by atoms with Crippen molar-refractivity contribution < 1.29 is 50.3 Å². The number of hydrogen-bond donors (Lipinski definition) is 2. The van der Waals surface area contributed by atoms with Crippen LogP contribution in [-0.2, 0) is 52.1 Å². The van der Waals surface area contributed by atoms with Crippen LogP contribution in [0, 0.1) is 0 Å². The number of carbonyl (C=O) groups excluding carboxylic acids is 3. The normalized spacial score (nSPS) is 21.2. The molecular formula is C59H52Cl2N9O11S3+. The number of carboxylic acid groups (broad SMARTS) is 1. The van der Waals surface area contributed by atoms with Gasteiger partial charge in [-0.2, -0.15) is 8.88 Å². The second-order valence-electron chi connectivity index (χ2n) is 21.0. The Morgan fingerprint density at radius 2 is 1.65 bits per heavy atom. The summed E-state index contributed by atoms with van der Waals surface area (Å²) in [4.78, 5) is 57.6. The molecular weight excluding hydrogens is 1180 g/mol. The molecule has 2 N–H and O–H groups in total. The first-order valence-electron chi connectivity index (χ1n) is 26.3. The Morgan fingerprint density at radius 3 is 2.37 bits per heavy atom. The molecule has 1 unspecified atom stereocenters. The van der Waals surface area contributed by atoms with E-state index in [0.717, 1.165) is 32.2 Å². The number of carboxylic acids is 1. The largest absolute Gasteiger partial charge is 0.489 e. The maximum absolute atomic E-state index is 14.9. The van der Waals surface area contributed by atoms with Crippen LogP contribution < -0.4 is 24.9 Å². The Kier molecular flexibility index (Phi) is 14.5. The molecule has 3 amide bonds. The molecule has 6 aliphatic rings. The number of aliphatic carboxylic acids is 1. The second kappa shape index (κ2) is 21.5. The van der Waals surface area contributed by atoms with E-state index in [4.69, 9.17) is 32.4 Å². The van der Waals surface area contributed by atoms with E-state index >= 15 is 0 Å². The van der Waals surface area contributed by atoms with Crippen molar-refractivity contribution in [1.82, 2.24) is 39.0 Å². The van der Waals surface area contributed by atoms with Gasteiger partial charge in [0.1, 0.15) is 69.0 Å². The third kappa shape index (κ3) is 9.46. The Morgan fingerprint density at radius 1 is 0.929 bits per heavy atom. The lowest BCUT2D eigenvalue weighted by Crippen LogP contribution is -2.73. The van der Waals surface area contributed by atoms with Gasteiger partial charge in [-0.1, -0.05) is 83.0 Å². The number of anilines is 2. The molecule has 1 aromatic heterocycles. The number of β-lactam (4-membered cyclic amide) rings is 2. The SMILES string of the molecule is CN(c1ccc2c(-c3ccccc3S(=O)(=O)N(C)Cc3ccc(OCC4=C(C(=O)O)N5C(=O)[C@@H](NC(=O)[C@@H]6N7C(=O)C[C@H]7S(=O)(=O)C6(C)Cn6ccnn6)[C@H]5SC4)cc3)c3ccc(=[N+](C)c4ccccc4Cl)cc-3oc2c1)c1ccccc1Cl. The number of nitrogens with one attached hydrogen (secondary N) is 1. The number of rotatable bonds is 16. The molecule has 430 valence electrons. The summed E-state index contributed by atoms with van der Waals surface area (Å²) in [6.45, 7) is 0.822. The second-order valence-corrected chi connectivity index (χ2v) is 27.5. The van der Waals surface area contributed by atoms with Gasteiger partial charge in [-0.25, -0.2) is 21.6 Å². The third-order valence-corrected chi connectivity index (χ3v) is 22.6. The van der Waals surface area contributed by atoms with Crippen molar-refractivity contribution in [3.63, 3.8) is 0 Å². The van der Waals surface area contributed by atoms with Gasteiger partial charge in [-0.05, 0) is 67.1 Å². The van der Waals surface area contributed by atoms with Gasteiger partial charge in [0.25, 0.3) is 5.91 Å². The number of fused-ring (bicyclic) bond motifs is 4. The quantitative estimate of drug-likeness (QED) is 0.0546. The average Bonchev–Trinajstić information content (AvgIpc) is 1.60. The summed E-state index contributed by atoms with van der Waals surface area (Å²) in [6.07, 6.45) is 2.52. The monoisotopic (exact) mass is 1230 g/mol. The third-order valence-electron chi connectivity index (χ3n) is 16.0. The summed E-state index contributed by atoms with van der Waals surface area (Å²) in [5.74, 6) is -2.57. The van der Waals surface area contributed by atoms with E-state index in [1.807, 2.05) is 108 Å². The molecule has 0 radical (unpaired) electrons. The highest BCUT2D eigenvalue weighted by molar-refractivity contribution is 8.00. The predicted octanol–water partition coefficient (Wildman–Crippen LogP) is 7.36. The van der Waals surface area contributed by atoms with Gasteiger partial charge < -0.3 is 29.4 Å². The number of sulfone groups is 1. The van der Waals surface area contributed by atoms with Crippen molar-refractivity contribution in [2.45, 2.75) is 58.9 Å². The first kappa shape index (κ1) is 56.4. The molecule has 0 spiro atoms. The van der Waals surface area contributed by atoms with Gasteiger partial charge in [0, 0.05) is 84.1 Å². The van der Waals surface area contributed by atoms with Crippen molar-refractivity contribution in [2.24, 2.45) is 0 Å². The van der Waals surface area contributed by atoms with Gasteiger partial charge in [-0.3, -0.25) is 24.0 Å². The lowest BCUT2D eigenvalue weighted by Gasteiger charge is -2.50. The van der Waals surface area contributed by atoms with Crippen LogP contribution in [0.5, 0.6) is 5.75 Å². The van der Waals surface area contributed by atoms with Crippen LogP contribution in [-0.4, -0.2) is 136 Å². The molecule has 3 fully saturated rings. The van der Waals surface area contributed by atoms with E-state index < -0.39 is 71.1 Å². The smallest absolute Gasteiger partial charge is 0.352 e.